The van der Waals surface area contributed by atoms with Crippen molar-refractivity contribution in [3.63, 3.8) is 0 Å². The third-order valence-electron chi connectivity index (χ3n) is 4.17. The summed E-state index contributed by atoms with van der Waals surface area (Å²) in [7, 11) is 0. The molecule has 1 aromatic rings. The maximum atomic E-state index is 5.95. The Morgan fingerprint density at radius 1 is 1.15 bits per heavy atom. The molecule has 2 atom stereocenters. The van der Waals surface area contributed by atoms with Gasteiger partial charge in [-0.3, -0.25) is 0 Å². The summed E-state index contributed by atoms with van der Waals surface area (Å²) in [6, 6.07) is 8.39. The van der Waals surface area contributed by atoms with Gasteiger partial charge in [0.25, 0.3) is 0 Å². The maximum absolute atomic E-state index is 5.95. The highest BCUT2D eigenvalue weighted by Gasteiger charge is 2.20. The summed E-state index contributed by atoms with van der Waals surface area (Å²) < 4.78 is 5.95. The minimum absolute atomic E-state index is 0.830. The second kappa shape index (κ2) is 7.68. The van der Waals surface area contributed by atoms with Crippen molar-refractivity contribution in [2.75, 3.05) is 26.2 Å². The van der Waals surface area contributed by atoms with Gasteiger partial charge in [-0.05, 0) is 42.7 Å². The van der Waals surface area contributed by atoms with Gasteiger partial charge in [0.15, 0.2) is 0 Å². The molecule has 0 bridgehead atoms. The molecule has 0 N–H and O–H groups in total. The first-order valence-corrected chi connectivity index (χ1v) is 8.12. The van der Waals surface area contributed by atoms with Crippen molar-refractivity contribution in [1.29, 1.82) is 0 Å². The van der Waals surface area contributed by atoms with E-state index in [-0.39, 0.29) is 0 Å². The van der Waals surface area contributed by atoms with Crippen molar-refractivity contribution < 1.29 is 4.74 Å². The lowest BCUT2D eigenvalue weighted by Gasteiger charge is -2.34. The number of piperidine rings is 1. The van der Waals surface area contributed by atoms with Gasteiger partial charge in [0.2, 0.25) is 0 Å². The molecule has 1 saturated heterocycles. The molecular formula is C18H29NO. The molecule has 1 fully saturated rings. The Balaban J connectivity index is 1.71. The Kier molecular flexibility index (Phi) is 5.90. The van der Waals surface area contributed by atoms with Gasteiger partial charge in [-0.1, -0.05) is 39.0 Å². The Bertz CT molecular complexity index is 394. The zero-order valence-electron chi connectivity index (χ0n) is 13.3. The molecule has 1 aliphatic heterocycles. The van der Waals surface area contributed by atoms with Crippen LogP contribution in [0.4, 0.5) is 0 Å². The van der Waals surface area contributed by atoms with Gasteiger partial charge in [-0.15, -0.1) is 0 Å². The predicted octanol–water partition coefficient (Wildman–Crippen LogP) is 4.00. The number of nitrogens with zero attached hydrogens (tertiary/aromatic N) is 1. The van der Waals surface area contributed by atoms with Gasteiger partial charge in [0.1, 0.15) is 5.75 Å². The minimum atomic E-state index is 0.830. The highest BCUT2D eigenvalue weighted by molar-refractivity contribution is 5.33. The van der Waals surface area contributed by atoms with Gasteiger partial charge in [0.05, 0.1) is 6.61 Å². The van der Waals surface area contributed by atoms with Crippen LogP contribution in [0.2, 0.25) is 0 Å². The van der Waals surface area contributed by atoms with E-state index in [4.69, 9.17) is 4.74 Å². The maximum Gasteiger partial charge on any atom is 0.122 e. The minimum Gasteiger partial charge on any atom is -0.493 e. The second-order valence-corrected chi connectivity index (χ2v) is 6.37. The molecule has 1 aliphatic rings. The lowest BCUT2D eigenvalue weighted by Crippen LogP contribution is -2.39. The van der Waals surface area contributed by atoms with E-state index >= 15 is 0 Å². The zero-order valence-corrected chi connectivity index (χ0v) is 13.3. The van der Waals surface area contributed by atoms with E-state index in [0.717, 1.165) is 37.0 Å². The van der Waals surface area contributed by atoms with Crippen LogP contribution in [0.25, 0.3) is 0 Å². The van der Waals surface area contributed by atoms with E-state index in [1.807, 2.05) is 0 Å². The number of aryl methyl sites for hydroxylation is 1. The van der Waals surface area contributed by atoms with E-state index in [9.17, 15) is 0 Å². The molecule has 0 amide bonds. The fourth-order valence-electron chi connectivity index (χ4n) is 3.38. The molecule has 0 spiro atoms. The normalized spacial score (nSPS) is 23.8. The molecule has 0 unspecified atom stereocenters. The SMILES string of the molecule is CCc1ccccc1OCCCN1C[C@H](C)C[C@@H](C)C1. The molecular weight excluding hydrogens is 246 g/mol. The number of ether oxygens (including phenoxy) is 1. The van der Waals surface area contributed by atoms with Crippen molar-refractivity contribution in [3.8, 4) is 5.75 Å². The van der Waals surface area contributed by atoms with E-state index in [1.54, 1.807) is 0 Å². The summed E-state index contributed by atoms with van der Waals surface area (Å²) in [5, 5.41) is 0. The van der Waals surface area contributed by atoms with Crippen molar-refractivity contribution in [3.05, 3.63) is 29.8 Å². The van der Waals surface area contributed by atoms with Crippen LogP contribution in [0.1, 0.15) is 39.2 Å². The van der Waals surface area contributed by atoms with Crippen LogP contribution in [0.15, 0.2) is 24.3 Å². The van der Waals surface area contributed by atoms with Crippen LogP contribution >= 0.6 is 0 Å². The number of hydrogen-bond acceptors (Lipinski definition) is 2. The number of likely N-dealkylation sites (tertiary alicyclic amines) is 1. The Morgan fingerprint density at radius 2 is 1.85 bits per heavy atom. The van der Waals surface area contributed by atoms with Gasteiger partial charge < -0.3 is 9.64 Å². The molecule has 2 rings (SSSR count). The topological polar surface area (TPSA) is 12.5 Å². The third-order valence-corrected chi connectivity index (χ3v) is 4.17. The largest absolute Gasteiger partial charge is 0.493 e. The molecule has 112 valence electrons. The summed E-state index contributed by atoms with van der Waals surface area (Å²) in [6.45, 7) is 11.4. The Labute approximate surface area is 124 Å². The average molecular weight is 275 g/mol. The molecule has 0 saturated carbocycles. The van der Waals surface area contributed by atoms with Crippen LogP contribution < -0.4 is 4.74 Å². The highest BCUT2D eigenvalue weighted by Crippen LogP contribution is 2.21. The number of hydrogen-bond donors (Lipinski definition) is 0. The molecule has 1 aromatic carbocycles. The van der Waals surface area contributed by atoms with E-state index in [1.165, 1.54) is 31.6 Å². The molecule has 0 radical (unpaired) electrons. The van der Waals surface area contributed by atoms with Crippen LogP contribution in [0, 0.1) is 11.8 Å². The number of rotatable bonds is 6. The summed E-state index contributed by atoms with van der Waals surface area (Å²) in [5.41, 5.74) is 1.31. The van der Waals surface area contributed by atoms with Crippen LogP contribution in [0.3, 0.4) is 0 Å². The highest BCUT2D eigenvalue weighted by atomic mass is 16.5. The third kappa shape index (κ3) is 4.52. The van der Waals surface area contributed by atoms with Crippen molar-refractivity contribution in [1.82, 2.24) is 4.90 Å². The second-order valence-electron chi connectivity index (χ2n) is 6.37. The number of benzene rings is 1. The lowest BCUT2D eigenvalue weighted by molar-refractivity contribution is 0.132. The van der Waals surface area contributed by atoms with Gasteiger partial charge >= 0.3 is 0 Å². The summed E-state index contributed by atoms with van der Waals surface area (Å²) in [6.07, 6.45) is 3.55. The Hall–Kier alpha value is -1.02. The van der Waals surface area contributed by atoms with Crippen molar-refractivity contribution in [2.24, 2.45) is 11.8 Å². The molecule has 20 heavy (non-hydrogen) atoms. The molecule has 0 aromatic heterocycles. The quantitative estimate of drug-likeness (QED) is 0.728. The summed E-state index contributed by atoms with van der Waals surface area (Å²) in [4.78, 5) is 2.61. The van der Waals surface area contributed by atoms with Crippen molar-refractivity contribution >= 4 is 0 Å². The smallest absolute Gasteiger partial charge is 0.122 e. The fourth-order valence-corrected chi connectivity index (χ4v) is 3.38. The van der Waals surface area contributed by atoms with E-state index in [2.05, 4.69) is 49.9 Å². The van der Waals surface area contributed by atoms with E-state index < -0.39 is 0 Å². The van der Waals surface area contributed by atoms with E-state index in [0.29, 0.717) is 0 Å². The molecule has 0 aliphatic carbocycles. The lowest BCUT2D eigenvalue weighted by atomic mass is 9.92. The zero-order chi connectivity index (χ0) is 14.4. The van der Waals surface area contributed by atoms with Gasteiger partial charge in [0, 0.05) is 19.6 Å². The van der Waals surface area contributed by atoms with Gasteiger partial charge in [-0.2, -0.15) is 0 Å². The fraction of sp³-hybridized carbons (Fsp3) is 0.667. The van der Waals surface area contributed by atoms with Crippen LogP contribution in [-0.4, -0.2) is 31.1 Å². The molecule has 1 heterocycles. The summed E-state index contributed by atoms with van der Waals surface area (Å²) in [5.74, 6) is 2.76. The average Bonchev–Trinajstić information content (AvgIpc) is 2.43. The van der Waals surface area contributed by atoms with Crippen LogP contribution in [0.5, 0.6) is 5.75 Å². The van der Waals surface area contributed by atoms with Crippen LogP contribution in [-0.2, 0) is 6.42 Å². The summed E-state index contributed by atoms with van der Waals surface area (Å²) >= 11 is 0. The first-order chi connectivity index (χ1) is 9.69. The van der Waals surface area contributed by atoms with Crippen molar-refractivity contribution in [2.45, 2.75) is 40.0 Å². The predicted molar refractivity (Wildman–Crippen MR) is 85.3 cm³/mol. The number of para-hydroxylation sites is 1. The molecule has 2 heteroatoms. The first-order valence-electron chi connectivity index (χ1n) is 8.12. The first kappa shape index (κ1) is 15.4. The van der Waals surface area contributed by atoms with Gasteiger partial charge in [-0.25, -0.2) is 0 Å². The monoisotopic (exact) mass is 275 g/mol. The standard InChI is InChI=1S/C18H29NO/c1-4-17-8-5-6-9-18(17)20-11-7-10-19-13-15(2)12-16(3)14-19/h5-6,8-9,15-16H,4,7,10-14H2,1-3H3/t15-,16-/m1/s1. The molecule has 2 nitrogen and oxygen atoms in total. The Morgan fingerprint density at radius 3 is 2.55 bits per heavy atom.